The van der Waals surface area contributed by atoms with Crippen LogP contribution in [0.25, 0.3) is 22.0 Å². The Morgan fingerprint density at radius 1 is 0.972 bits per heavy atom. The first-order valence-electron chi connectivity index (χ1n) is 11.4. The van der Waals surface area contributed by atoms with Crippen LogP contribution in [-0.4, -0.2) is 28.9 Å². The van der Waals surface area contributed by atoms with Gasteiger partial charge in [0.1, 0.15) is 6.61 Å². The number of hydrogen-bond donors (Lipinski definition) is 1. The fourth-order valence-corrected chi connectivity index (χ4v) is 4.61. The molecule has 0 saturated heterocycles. The molecule has 4 aromatic rings. The van der Waals surface area contributed by atoms with E-state index in [0.29, 0.717) is 52.2 Å². The van der Waals surface area contributed by atoms with Crippen molar-refractivity contribution in [2.75, 3.05) is 13.7 Å². The monoisotopic (exact) mass is 485 g/mol. The number of nitrogens with two attached hydrogens (primary N) is 1. The van der Waals surface area contributed by atoms with Crippen LogP contribution < -0.4 is 20.8 Å². The zero-order chi connectivity index (χ0) is 25.4. The smallest absolute Gasteiger partial charge is 0.270 e. The van der Waals surface area contributed by atoms with E-state index in [1.165, 1.54) is 29.9 Å². The molecule has 0 spiro atoms. The fraction of sp³-hybridized carbons (Fsp3) is 0.185. The average Bonchev–Trinajstić information content (AvgIpc) is 3.18. The number of methoxy groups -OCH3 is 1. The van der Waals surface area contributed by atoms with E-state index in [9.17, 15) is 19.7 Å². The number of nitro benzene ring substituents is 1. The number of pyridine rings is 1. The summed E-state index contributed by atoms with van der Waals surface area (Å²) in [5, 5.41) is 11.8. The fourth-order valence-electron chi connectivity index (χ4n) is 4.61. The van der Waals surface area contributed by atoms with Crippen molar-refractivity contribution in [3.63, 3.8) is 0 Å². The van der Waals surface area contributed by atoms with Crippen LogP contribution in [0.2, 0.25) is 0 Å². The molecule has 1 aliphatic rings. The van der Waals surface area contributed by atoms with Crippen molar-refractivity contribution < 1.29 is 19.2 Å². The van der Waals surface area contributed by atoms with Gasteiger partial charge in [-0.25, -0.2) is 0 Å². The maximum absolute atomic E-state index is 13.7. The second-order valence-corrected chi connectivity index (χ2v) is 8.46. The summed E-state index contributed by atoms with van der Waals surface area (Å²) in [4.78, 5) is 38.0. The standard InChI is InChI=1S/C27H23N3O6/c1-35-22-13-19-20(14-23(22)36-15-16-6-3-2-4-7-16)26(31)24-18-9-8-17(30(33)34)12-21(18)27(32)29(25(19)24)11-5-10-28/h2-4,6-9,12-14H,5,10-11,15,28H2,1H3. The highest BCUT2D eigenvalue weighted by Gasteiger charge is 2.34. The minimum absolute atomic E-state index is 0.119. The van der Waals surface area contributed by atoms with Gasteiger partial charge < -0.3 is 19.8 Å². The molecule has 1 aromatic heterocycles. The molecule has 9 heteroatoms. The number of hydrogen-bond acceptors (Lipinski definition) is 7. The molecule has 0 unspecified atom stereocenters. The molecule has 9 nitrogen and oxygen atoms in total. The lowest BCUT2D eigenvalue weighted by Gasteiger charge is -2.16. The maximum atomic E-state index is 13.7. The van der Waals surface area contributed by atoms with E-state index in [-0.39, 0.29) is 30.0 Å². The first-order valence-corrected chi connectivity index (χ1v) is 11.4. The molecule has 0 atom stereocenters. The molecule has 1 aliphatic carbocycles. The summed E-state index contributed by atoms with van der Waals surface area (Å²) in [7, 11) is 1.51. The molecule has 0 saturated carbocycles. The molecule has 0 bridgehead atoms. The lowest BCUT2D eigenvalue weighted by Crippen LogP contribution is -2.24. The summed E-state index contributed by atoms with van der Waals surface area (Å²) in [6.07, 6.45) is 0.492. The van der Waals surface area contributed by atoms with Gasteiger partial charge >= 0.3 is 0 Å². The van der Waals surface area contributed by atoms with E-state index in [0.717, 1.165) is 5.56 Å². The molecule has 0 aliphatic heterocycles. The summed E-state index contributed by atoms with van der Waals surface area (Å²) in [6.45, 7) is 0.882. The lowest BCUT2D eigenvalue weighted by molar-refractivity contribution is -0.384. The number of carbonyl (C=O) groups is 1. The van der Waals surface area contributed by atoms with Crippen LogP contribution in [0.15, 0.2) is 65.5 Å². The summed E-state index contributed by atoms with van der Waals surface area (Å²) in [5.74, 6) is 0.538. The Balaban J connectivity index is 1.70. The average molecular weight is 485 g/mol. The van der Waals surface area contributed by atoms with Crippen LogP contribution in [0.3, 0.4) is 0 Å². The van der Waals surface area contributed by atoms with Crippen molar-refractivity contribution >= 4 is 22.2 Å². The number of non-ortho nitro benzene ring substituents is 1. The second kappa shape index (κ2) is 9.27. The number of ketones is 1. The van der Waals surface area contributed by atoms with Gasteiger partial charge in [-0.1, -0.05) is 30.3 Å². The first-order chi connectivity index (χ1) is 17.4. The Morgan fingerprint density at radius 2 is 1.72 bits per heavy atom. The zero-order valence-electron chi connectivity index (χ0n) is 19.5. The van der Waals surface area contributed by atoms with Gasteiger partial charge in [0.15, 0.2) is 17.3 Å². The van der Waals surface area contributed by atoms with Crippen molar-refractivity contribution in [3.8, 4) is 22.8 Å². The van der Waals surface area contributed by atoms with Gasteiger partial charge in [-0.2, -0.15) is 0 Å². The molecule has 0 radical (unpaired) electrons. The van der Waals surface area contributed by atoms with E-state index < -0.39 is 10.5 Å². The molecule has 5 rings (SSSR count). The number of nitrogens with zero attached hydrogens (tertiary/aromatic N) is 2. The third-order valence-corrected chi connectivity index (χ3v) is 6.32. The van der Waals surface area contributed by atoms with Crippen molar-refractivity contribution in [3.05, 3.63) is 97.8 Å². The Labute approximate surface area is 205 Å². The van der Waals surface area contributed by atoms with E-state index in [1.54, 1.807) is 12.1 Å². The Hall–Kier alpha value is -4.50. The van der Waals surface area contributed by atoms with E-state index in [1.807, 2.05) is 30.3 Å². The van der Waals surface area contributed by atoms with Gasteiger partial charge in [0.2, 0.25) is 0 Å². The topological polar surface area (TPSA) is 127 Å². The molecule has 3 aromatic carbocycles. The first kappa shape index (κ1) is 23.3. The highest BCUT2D eigenvalue weighted by molar-refractivity contribution is 6.27. The SMILES string of the molecule is COc1cc2c(cc1OCc1ccccc1)C(=O)c1c-2n(CCCN)c(=O)c2cc([N+](=O)[O-])ccc12. The number of carbonyl (C=O) groups excluding carboxylic acids is 1. The number of nitro groups is 1. The van der Waals surface area contributed by atoms with Gasteiger partial charge in [0, 0.05) is 35.2 Å². The molecule has 36 heavy (non-hydrogen) atoms. The van der Waals surface area contributed by atoms with Crippen LogP contribution in [0.4, 0.5) is 5.69 Å². The summed E-state index contributed by atoms with van der Waals surface area (Å²) < 4.78 is 13.1. The second-order valence-electron chi connectivity index (χ2n) is 8.46. The highest BCUT2D eigenvalue weighted by Crippen LogP contribution is 2.45. The van der Waals surface area contributed by atoms with E-state index in [2.05, 4.69) is 0 Å². The minimum atomic E-state index is -0.561. The van der Waals surface area contributed by atoms with Gasteiger partial charge in [0.05, 0.1) is 28.7 Å². The van der Waals surface area contributed by atoms with Crippen LogP contribution in [-0.2, 0) is 13.2 Å². The van der Waals surface area contributed by atoms with Crippen molar-refractivity contribution in [1.82, 2.24) is 4.57 Å². The third kappa shape index (κ3) is 3.79. The summed E-state index contributed by atoms with van der Waals surface area (Å²) in [6, 6.07) is 16.9. The summed E-state index contributed by atoms with van der Waals surface area (Å²) >= 11 is 0. The van der Waals surface area contributed by atoms with Gasteiger partial charge in [-0.15, -0.1) is 0 Å². The van der Waals surface area contributed by atoms with Crippen molar-refractivity contribution in [2.24, 2.45) is 5.73 Å². The zero-order valence-corrected chi connectivity index (χ0v) is 19.5. The minimum Gasteiger partial charge on any atom is -0.493 e. The molecule has 182 valence electrons. The number of aromatic nitrogens is 1. The predicted molar refractivity (Wildman–Crippen MR) is 135 cm³/mol. The number of rotatable bonds is 8. The Kier molecular flexibility index (Phi) is 5.99. The van der Waals surface area contributed by atoms with Crippen LogP contribution in [0, 0.1) is 10.1 Å². The number of fused-ring (bicyclic) bond motifs is 5. The normalized spacial score (nSPS) is 11.9. The van der Waals surface area contributed by atoms with Crippen LogP contribution in [0.5, 0.6) is 11.5 Å². The number of benzene rings is 3. The molecular weight excluding hydrogens is 462 g/mol. The Morgan fingerprint density at radius 3 is 2.42 bits per heavy atom. The molecule has 0 fully saturated rings. The van der Waals surface area contributed by atoms with E-state index in [4.69, 9.17) is 15.2 Å². The quantitative estimate of drug-likeness (QED) is 0.259. The van der Waals surface area contributed by atoms with Crippen LogP contribution in [0.1, 0.15) is 27.9 Å². The van der Waals surface area contributed by atoms with Crippen LogP contribution >= 0.6 is 0 Å². The van der Waals surface area contributed by atoms with Crippen molar-refractivity contribution in [1.29, 1.82) is 0 Å². The third-order valence-electron chi connectivity index (χ3n) is 6.32. The Bertz CT molecular complexity index is 1580. The van der Waals surface area contributed by atoms with Gasteiger partial charge in [-0.05, 0) is 36.7 Å². The molecule has 1 heterocycles. The maximum Gasteiger partial charge on any atom is 0.270 e. The largest absolute Gasteiger partial charge is 0.493 e. The summed E-state index contributed by atoms with van der Waals surface area (Å²) in [5.41, 5.74) is 7.75. The molecular formula is C27H23N3O6. The van der Waals surface area contributed by atoms with Gasteiger partial charge in [-0.3, -0.25) is 19.7 Å². The van der Waals surface area contributed by atoms with E-state index >= 15 is 0 Å². The van der Waals surface area contributed by atoms with Gasteiger partial charge in [0.25, 0.3) is 11.2 Å². The molecule has 0 amide bonds. The predicted octanol–water partition coefficient (Wildman–Crippen LogP) is 4.06. The van der Waals surface area contributed by atoms with Crippen molar-refractivity contribution in [2.45, 2.75) is 19.6 Å². The lowest BCUT2D eigenvalue weighted by atomic mass is 10.0. The highest BCUT2D eigenvalue weighted by atomic mass is 16.6. The number of ether oxygens (including phenoxy) is 2. The molecule has 2 N–H and O–H groups in total.